The molecule has 2 heterocycles. The lowest BCUT2D eigenvalue weighted by atomic mass is 10.2. The lowest BCUT2D eigenvalue weighted by Gasteiger charge is -2.06. The quantitative estimate of drug-likeness (QED) is 0.694. The minimum atomic E-state index is -0.0758. The molecule has 0 bridgehead atoms. The lowest BCUT2D eigenvalue weighted by Crippen LogP contribution is -2.18. The molecule has 0 radical (unpaired) electrons. The van der Waals surface area contributed by atoms with Gasteiger partial charge in [-0.1, -0.05) is 18.2 Å². The summed E-state index contributed by atoms with van der Waals surface area (Å²) in [6.07, 6.45) is 1.76. The van der Waals surface area contributed by atoms with Gasteiger partial charge < -0.3 is 4.98 Å². The van der Waals surface area contributed by atoms with Crippen LogP contribution in [0.4, 0.5) is 0 Å². The first-order chi connectivity index (χ1) is 8.18. The molecule has 1 N–H and O–H groups in total. The lowest BCUT2D eigenvalue weighted by molar-refractivity contribution is 0.597. The number of H-pyrrole nitrogens is 1. The van der Waals surface area contributed by atoms with Crippen LogP contribution in [0.2, 0.25) is 0 Å². The number of aromatic nitrogens is 3. The predicted molar refractivity (Wildman–Crippen MR) is 68.2 cm³/mol. The van der Waals surface area contributed by atoms with Gasteiger partial charge in [0.25, 0.3) is 0 Å². The molecular weight excluding hydrogens is 214 g/mol. The van der Waals surface area contributed by atoms with Crippen molar-refractivity contribution in [3.05, 3.63) is 40.9 Å². The number of imidazole rings is 1. The number of nitrogens with one attached hydrogen (secondary N) is 1. The van der Waals surface area contributed by atoms with Crippen molar-refractivity contribution in [2.75, 3.05) is 0 Å². The molecule has 1 aromatic carbocycles. The highest BCUT2D eigenvalue weighted by Gasteiger charge is 2.11. The Morgan fingerprint density at radius 1 is 1.29 bits per heavy atom. The number of aromatic amines is 1. The van der Waals surface area contributed by atoms with Crippen molar-refractivity contribution in [1.29, 1.82) is 0 Å². The maximum atomic E-state index is 11.9. The van der Waals surface area contributed by atoms with Crippen LogP contribution in [0.25, 0.3) is 21.9 Å². The molecule has 0 unspecified atom stereocenters. The van der Waals surface area contributed by atoms with E-state index in [4.69, 9.17) is 0 Å². The van der Waals surface area contributed by atoms with E-state index in [0.29, 0.717) is 0 Å². The van der Waals surface area contributed by atoms with E-state index in [-0.39, 0.29) is 11.7 Å². The Bertz CT molecular complexity index is 752. The number of para-hydroxylation sites is 1. The summed E-state index contributed by atoms with van der Waals surface area (Å²) in [7, 11) is 0. The Morgan fingerprint density at radius 3 is 2.82 bits per heavy atom. The van der Waals surface area contributed by atoms with Crippen LogP contribution in [0.3, 0.4) is 0 Å². The summed E-state index contributed by atoms with van der Waals surface area (Å²) in [4.78, 5) is 19.2. The summed E-state index contributed by atoms with van der Waals surface area (Å²) in [5.74, 6) is 0. The van der Waals surface area contributed by atoms with Gasteiger partial charge in [-0.15, -0.1) is 0 Å². The van der Waals surface area contributed by atoms with Crippen molar-refractivity contribution in [3.63, 3.8) is 0 Å². The van der Waals surface area contributed by atoms with Gasteiger partial charge in [0.15, 0.2) is 0 Å². The van der Waals surface area contributed by atoms with Crippen LogP contribution in [-0.2, 0) is 0 Å². The number of hydrogen-bond acceptors (Lipinski definition) is 2. The van der Waals surface area contributed by atoms with Crippen LogP contribution in [0.15, 0.2) is 35.3 Å². The number of rotatable bonds is 1. The third-order valence-electron chi connectivity index (χ3n) is 2.98. The smallest absolute Gasteiger partial charge is 0.305 e. The Kier molecular flexibility index (Phi) is 2.04. The van der Waals surface area contributed by atoms with E-state index in [0.717, 1.165) is 21.9 Å². The van der Waals surface area contributed by atoms with Gasteiger partial charge in [-0.05, 0) is 19.9 Å². The molecule has 0 aliphatic rings. The number of nitrogens with zero attached hydrogens (tertiary/aromatic N) is 2. The molecule has 0 saturated heterocycles. The van der Waals surface area contributed by atoms with Crippen LogP contribution in [-0.4, -0.2) is 14.5 Å². The normalized spacial score (nSPS) is 11.7. The molecule has 0 spiro atoms. The Balaban J connectivity index is 2.54. The Morgan fingerprint density at radius 2 is 2.06 bits per heavy atom. The second-order valence-corrected chi connectivity index (χ2v) is 4.43. The van der Waals surface area contributed by atoms with E-state index in [2.05, 4.69) is 9.97 Å². The van der Waals surface area contributed by atoms with Crippen LogP contribution >= 0.6 is 0 Å². The van der Waals surface area contributed by atoms with Crippen LogP contribution in [0, 0.1) is 0 Å². The van der Waals surface area contributed by atoms with Gasteiger partial charge in [-0.2, -0.15) is 0 Å². The van der Waals surface area contributed by atoms with Gasteiger partial charge in [0, 0.05) is 11.4 Å². The topological polar surface area (TPSA) is 50.7 Å². The van der Waals surface area contributed by atoms with E-state index in [9.17, 15) is 4.79 Å². The molecule has 0 saturated carbocycles. The summed E-state index contributed by atoms with van der Waals surface area (Å²) in [6, 6.07) is 7.94. The van der Waals surface area contributed by atoms with E-state index < -0.39 is 0 Å². The molecule has 3 aromatic rings. The van der Waals surface area contributed by atoms with Crippen molar-refractivity contribution in [1.82, 2.24) is 14.5 Å². The molecule has 0 aliphatic heterocycles. The number of hydrogen-bond donors (Lipinski definition) is 1. The molecule has 3 rings (SSSR count). The SMILES string of the molecule is CC(C)n1c(=O)[nH]c2c3ccccc3ncc21. The first-order valence-electron chi connectivity index (χ1n) is 5.66. The third-order valence-corrected chi connectivity index (χ3v) is 2.98. The molecular formula is C13H13N3O. The summed E-state index contributed by atoms with van der Waals surface area (Å²) in [5, 5.41) is 0.988. The van der Waals surface area contributed by atoms with Gasteiger partial charge in [0.1, 0.15) is 0 Å². The fraction of sp³-hybridized carbons (Fsp3) is 0.231. The van der Waals surface area contributed by atoms with Crippen LogP contribution < -0.4 is 5.69 Å². The predicted octanol–water partition coefficient (Wildman–Crippen LogP) is 2.46. The Labute approximate surface area is 97.9 Å². The standard InChI is InChI=1S/C13H13N3O/c1-8(2)16-11-7-14-10-6-4-3-5-9(10)12(11)15-13(16)17/h3-8H,1-2H3,(H,15,17). The van der Waals surface area contributed by atoms with Gasteiger partial charge in [-0.25, -0.2) is 4.79 Å². The molecule has 86 valence electrons. The van der Waals surface area contributed by atoms with E-state index >= 15 is 0 Å². The molecule has 4 heteroatoms. The van der Waals surface area contributed by atoms with Crippen molar-refractivity contribution >= 4 is 21.9 Å². The van der Waals surface area contributed by atoms with Gasteiger partial charge in [0.2, 0.25) is 0 Å². The average molecular weight is 227 g/mol. The van der Waals surface area contributed by atoms with Gasteiger partial charge in [0.05, 0.1) is 22.7 Å². The molecule has 4 nitrogen and oxygen atoms in total. The molecule has 17 heavy (non-hydrogen) atoms. The number of benzene rings is 1. The van der Waals surface area contributed by atoms with E-state index in [1.807, 2.05) is 38.1 Å². The van der Waals surface area contributed by atoms with E-state index in [1.165, 1.54) is 0 Å². The molecule has 0 aliphatic carbocycles. The monoisotopic (exact) mass is 227 g/mol. The zero-order chi connectivity index (χ0) is 12.0. The molecule has 0 fully saturated rings. The first-order valence-corrected chi connectivity index (χ1v) is 5.66. The highest BCUT2D eigenvalue weighted by Crippen LogP contribution is 2.22. The zero-order valence-corrected chi connectivity index (χ0v) is 9.77. The van der Waals surface area contributed by atoms with Crippen molar-refractivity contribution in [2.24, 2.45) is 0 Å². The zero-order valence-electron chi connectivity index (χ0n) is 9.77. The summed E-state index contributed by atoms with van der Waals surface area (Å²) < 4.78 is 1.73. The van der Waals surface area contributed by atoms with Crippen molar-refractivity contribution < 1.29 is 0 Å². The maximum absolute atomic E-state index is 11.9. The molecule has 2 aromatic heterocycles. The second-order valence-electron chi connectivity index (χ2n) is 4.43. The fourth-order valence-electron chi connectivity index (χ4n) is 2.23. The van der Waals surface area contributed by atoms with Gasteiger partial charge in [-0.3, -0.25) is 9.55 Å². The highest BCUT2D eigenvalue weighted by molar-refractivity contribution is 6.01. The summed E-state index contributed by atoms with van der Waals surface area (Å²) in [6.45, 7) is 3.98. The fourth-order valence-corrected chi connectivity index (χ4v) is 2.23. The molecule has 0 amide bonds. The van der Waals surface area contributed by atoms with Crippen molar-refractivity contribution in [3.8, 4) is 0 Å². The van der Waals surface area contributed by atoms with Crippen LogP contribution in [0.1, 0.15) is 19.9 Å². The summed E-state index contributed by atoms with van der Waals surface area (Å²) >= 11 is 0. The maximum Gasteiger partial charge on any atom is 0.326 e. The third kappa shape index (κ3) is 1.37. The van der Waals surface area contributed by atoms with Gasteiger partial charge >= 0.3 is 5.69 Å². The Hall–Kier alpha value is -2.10. The van der Waals surface area contributed by atoms with Crippen molar-refractivity contribution in [2.45, 2.75) is 19.9 Å². The van der Waals surface area contributed by atoms with E-state index in [1.54, 1.807) is 10.8 Å². The molecule has 0 atom stereocenters. The van der Waals surface area contributed by atoms with Crippen LogP contribution in [0.5, 0.6) is 0 Å². The minimum Gasteiger partial charge on any atom is -0.305 e. The number of pyridine rings is 1. The average Bonchev–Trinajstić information content (AvgIpc) is 2.65. The highest BCUT2D eigenvalue weighted by atomic mass is 16.1. The first kappa shape index (κ1) is 10.1. The number of fused-ring (bicyclic) bond motifs is 3. The largest absolute Gasteiger partial charge is 0.326 e. The summed E-state index contributed by atoms with van der Waals surface area (Å²) in [5.41, 5.74) is 2.56. The minimum absolute atomic E-state index is 0.0758. The second kappa shape index (κ2) is 3.45.